The molecule has 0 spiro atoms. The predicted molar refractivity (Wildman–Crippen MR) is 120 cm³/mol. The molecule has 1 unspecified atom stereocenters. The molecule has 0 radical (unpaired) electrons. The molecule has 0 fully saturated rings. The number of anilines is 1. The molecule has 4 rings (SSSR count). The summed E-state index contributed by atoms with van der Waals surface area (Å²) < 4.78 is 47.5. The van der Waals surface area contributed by atoms with Crippen LogP contribution in [0.1, 0.15) is 18.5 Å². The normalized spacial score (nSPS) is 12.5. The van der Waals surface area contributed by atoms with Crippen LogP contribution in [-0.4, -0.2) is 13.4 Å². The fourth-order valence-electron chi connectivity index (χ4n) is 3.08. The molecular formula is C23H18BrFN2O3S. The monoisotopic (exact) mass is 500 g/mol. The van der Waals surface area contributed by atoms with E-state index >= 15 is 0 Å². The summed E-state index contributed by atoms with van der Waals surface area (Å²) in [6.45, 7) is 1.87. The van der Waals surface area contributed by atoms with Crippen LogP contribution in [0.25, 0.3) is 11.5 Å². The Balaban J connectivity index is 1.82. The lowest BCUT2D eigenvalue weighted by Gasteiger charge is -2.14. The maximum Gasteiger partial charge on any atom is 0.234 e. The summed E-state index contributed by atoms with van der Waals surface area (Å²) in [6, 6.07) is 21.3. The largest absolute Gasteiger partial charge is 0.419 e. The first-order chi connectivity index (χ1) is 14.9. The van der Waals surface area contributed by atoms with Crippen molar-refractivity contribution in [3.05, 3.63) is 94.7 Å². The van der Waals surface area contributed by atoms with Gasteiger partial charge in [-0.15, -0.1) is 0 Å². The van der Waals surface area contributed by atoms with Crippen molar-refractivity contribution in [3.8, 4) is 11.5 Å². The highest BCUT2D eigenvalue weighted by molar-refractivity contribution is 9.10. The summed E-state index contributed by atoms with van der Waals surface area (Å²) in [7, 11) is -4.02. The summed E-state index contributed by atoms with van der Waals surface area (Å²) in [6.07, 6.45) is 0. The van der Waals surface area contributed by atoms with Gasteiger partial charge in [0.25, 0.3) is 0 Å². The second-order valence-electron chi connectivity index (χ2n) is 6.87. The minimum Gasteiger partial charge on any atom is -0.419 e. The summed E-state index contributed by atoms with van der Waals surface area (Å²) in [5, 5.41) is 2.79. The van der Waals surface area contributed by atoms with Crippen molar-refractivity contribution in [2.75, 3.05) is 5.32 Å². The molecule has 1 aromatic heterocycles. The quantitative estimate of drug-likeness (QED) is 0.338. The number of rotatable bonds is 6. The van der Waals surface area contributed by atoms with Crippen LogP contribution in [0.15, 0.2) is 97.7 Å². The van der Waals surface area contributed by atoms with Gasteiger partial charge in [-0.3, -0.25) is 0 Å². The lowest BCUT2D eigenvalue weighted by atomic mass is 10.1. The van der Waals surface area contributed by atoms with Crippen molar-refractivity contribution in [2.24, 2.45) is 0 Å². The topological polar surface area (TPSA) is 72.2 Å². The Morgan fingerprint density at radius 3 is 2.29 bits per heavy atom. The molecule has 0 aliphatic heterocycles. The second-order valence-corrected chi connectivity index (χ2v) is 9.65. The van der Waals surface area contributed by atoms with Crippen molar-refractivity contribution in [3.63, 3.8) is 0 Å². The summed E-state index contributed by atoms with van der Waals surface area (Å²) in [4.78, 5) is 4.24. The molecule has 3 aromatic carbocycles. The number of nitrogens with zero attached hydrogens (tertiary/aromatic N) is 1. The Morgan fingerprint density at radius 2 is 1.61 bits per heavy atom. The zero-order valence-electron chi connectivity index (χ0n) is 16.4. The van der Waals surface area contributed by atoms with E-state index in [4.69, 9.17) is 4.42 Å². The van der Waals surface area contributed by atoms with E-state index in [2.05, 4.69) is 26.2 Å². The van der Waals surface area contributed by atoms with Crippen LogP contribution in [0.3, 0.4) is 0 Å². The van der Waals surface area contributed by atoms with Crippen molar-refractivity contribution in [2.45, 2.75) is 22.9 Å². The number of halogens is 2. The van der Waals surface area contributed by atoms with E-state index in [0.29, 0.717) is 0 Å². The number of benzene rings is 3. The van der Waals surface area contributed by atoms with Gasteiger partial charge in [-0.2, -0.15) is 4.98 Å². The number of aromatic nitrogens is 1. The average Bonchev–Trinajstić information content (AvgIpc) is 3.19. The van der Waals surface area contributed by atoms with Crippen LogP contribution < -0.4 is 5.32 Å². The SMILES string of the molecule is CC(Nc1oc(-c2ccccc2F)nc1S(=O)(=O)c1ccc(Br)cc1)c1ccccc1. The van der Waals surface area contributed by atoms with Crippen LogP contribution in [0, 0.1) is 5.82 Å². The van der Waals surface area contributed by atoms with Crippen LogP contribution in [0.5, 0.6) is 0 Å². The molecule has 0 saturated carbocycles. The van der Waals surface area contributed by atoms with Crippen molar-refractivity contribution in [1.29, 1.82) is 0 Å². The number of sulfone groups is 1. The van der Waals surface area contributed by atoms with Gasteiger partial charge in [0.15, 0.2) is 0 Å². The highest BCUT2D eigenvalue weighted by Crippen LogP contribution is 2.35. The second kappa shape index (κ2) is 8.64. The molecule has 5 nitrogen and oxygen atoms in total. The van der Waals surface area contributed by atoms with Gasteiger partial charge in [0.05, 0.1) is 16.5 Å². The Kier molecular flexibility index (Phi) is 5.93. The predicted octanol–water partition coefficient (Wildman–Crippen LogP) is 6.25. The average molecular weight is 501 g/mol. The molecule has 1 heterocycles. The van der Waals surface area contributed by atoms with Gasteiger partial charge in [-0.05, 0) is 48.9 Å². The van der Waals surface area contributed by atoms with Gasteiger partial charge in [0.1, 0.15) is 5.82 Å². The number of hydrogen-bond donors (Lipinski definition) is 1. The molecule has 1 atom stereocenters. The van der Waals surface area contributed by atoms with Crippen LogP contribution in [0.2, 0.25) is 0 Å². The van der Waals surface area contributed by atoms with Crippen LogP contribution in [-0.2, 0) is 9.84 Å². The van der Waals surface area contributed by atoms with E-state index in [0.717, 1.165) is 10.0 Å². The fraction of sp³-hybridized carbons (Fsp3) is 0.0870. The third kappa shape index (κ3) is 4.40. The van der Waals surface area contributed by atoms with E-state index in [1.807, 2.05) is 37.3 Å². The Morgan fingerprint density at radius 1 is 0.968 bits per heavy atom. The molecule has 8 heteroatoms. The number of oxazole rings is 1. The minimum atomic E-state index is -4.02. The van der Waals surface area contributed by atoms with Gasteiger partial charge >= 0.3 is 0 Å². The fourth-order valence-corrected chi connectivity index (χ4v) is 4.61. The molecular weight excluding hydrogens is 483 g/mol. The lowest BCUT2D eigenvalue weighted by molar-refractivity contribution is 0.561. The molecule has 0 aliphatic rings. The minimum absolute atomic E-state index is 0.0440. The van der Waals surface area contributed by atoms with E-state index in [1.54, 1.807) is 18.2 Å². The molecule has 0 bridgehead atoms. The van der Waals surface area contributed by atoms with Crippen LogP contribution >= 0.6 is 15.9 Å². The maximum absolute atomic E-state index is 14.3. The third-order valence-electron chi connectivity index (χ3n) is 4.73. The Bertz CT molecular complexity index is 1310. The number of hydrogen-bond acceptors (Lipinski definition) is 5. The van der Waals surface area contributed by atoms with Gasteiger partial charge in [0, 0.05) is 4.47 Å². The van der Waals surface area contributed by atoms with Gasteiger partial charge < -0.3 is 9.73 Å². The number of nitrogens with one attached hydrogen (secondary N) is 1. The van der Waals surface area contributed by atoms with E-state index in [1.165, 1.54) is 30.3 Å². The van der Waals surface area contributed by atoms with Gasteiger partial charge in [0.2, 0.25) is 26.6 Å². The maximum atomic E-state index is 14.3. The van der Waals surface area contributed by atoms with Crippen molar-refractivity contribution < 1.29 is 17.2 Å². The van der Waals surface area contributed by atoms with Crippen molar-refractivity contribution in [1.82, 2.24) is 4.98 Å². The molecule has 0 aliphatic carbocycles. The van der Waals surface area contributed by atoms with E-state index in [-0.39, 0.29) is 33.3 Å². The van der Waals surface area contributed by atoms with E-state index in [9.17, 15) is 12.8 Å². The first kappa shape index (κ1) is 21.3. The van der Waals surface area contributed by atoms with Gasteiger partial charge in [-0.25, -0.2) is 12.8 Å². The first-order valence-electron chi connectivity index (χ1n) is 9.44. The molecule has 4 aromatic rings. The summed E-state index contributed by atoms with van der Waals surface area (Å²) in [5.41, 5.74) is 1.01. The first-order valence-corrected chi connectivity index (χ1v) is 11.7. The third-order valence-corrected chi connectivity index (χ3v) is 6.93. The molecule has 0 saturated heterocycles. The van der Waals surface area contributed by atoms with Gasteiger partial charge in [-0.1, -0.05) is 58.4 Å². The zero-order chi connectivity index (χ0) is 22.0. The van der Waals surface area contributed by atoms with Crippen molar-refractivity contribution >= 4 is 31.7 Å². The van der Waals surface area contributed by atoms with Crippen LogP contribution in [0.4, 0.5) is 10.3 Å². The summed E-state index contributed by atoms with van der Waals surface area (Å²) in [5.74, 6) is -0.715. The Labute approximate surface area is 188 Å². The Hall–Kier alpha value is -2.97. The zero-order valence-corrected chi connectivity index (χ0v) is 18.8. The molecule has 1 N–H and O–H groups in total. The standard InChI is InChI=1S/C23H18BrFN2O3S/c1-15(16-7-3-2-4-8-16)26-22-23(31(28,29)18-13-11-17(24)12-14-18)27-21(30-22)19-9-5-6-10-20(19)25/h2-15,26H,1H3. The highest BCUT2D eigenvalue weighted by atomic mass is 79.9. The smallest absolute Gasteiger partial charge is 0.234 e. The molecule has 31 heavy (non-hydrogen) atoms. The highest BCUT2D eigenvalue weighted by Gasteiger charge is 2.30. The molecule has 0 amide bonds. The summed E-state index contributed by atoms with van der Waals surface area (Å²) >= 11 is 3.30. The lowest BCUT2D eigenvalue weighted by Crippen LogP contribution is -2.10. The van der Waals surface area contributed by atoms with E-state index < -0.39 is 15.7 Å². The molecule has 158 valence electrons.